The third-order valence-electron chi connectivity index (χ3n) is 2.16. The Hall–Kier alpha value is -1.97. The molecule has 1 rings (SSSR count). The number of carbonyl (C=O) groups is 2. The van der Waals surface area contributed by atoms with Crippen molar-refractivity contribution in [2.45, 2.75) is 6.18 Å². The lowest BCUT2D eigenvalue weighted by molar-refractivity contribution is -0.119. The number of rotatable bonds is 4. The fraction of sp³-hybridized carbons (Fsp3) is 0.333. The van der Waals surface area contributed by atoms with Gasteiger partial charge in [0.15, 0.2) is 0 Å². The van der Waals surface area contributed by atoms with Crippen molar-refractivity contribution >= 4 is 33.8 Å². The van der Waals surface area contributed by atoms with Crippen molar-refractivity contribution in [3.63, 3.8) is 0 Å². The molecular weight excluding hydrogens is 285 g/mol. The van der Waals surface area contributed by atoms with Gasteiger partial charge in [0.25, 0.3) is 11.8 Å². The van der Waals surface area contributed by atoms with E-state index in [9.17, 15) is 22.8 Å². The van der Waals surface area contributed by atoms with Crippen molar-refractivity contribution in [3.8, 4) is 0 Å². The fourth-order valence-electron chi connectivity index (χ4n) is 1.46. The molecule has 6 N–H and O–H groups in total. The second-order valence-electron chi connectivity index (χ2n) is 3.72. The smallest absolute Gasteiger partial charge is 0.397 e. The van der Waals surface area contributed by atoms with Crippen molar-refractivity contribution in [3.05, 3.63) is 10.4 Å². The predicted octanol–water partition coefficient (Wildman–Crippen LogP) is 0.527. The van der Waals surface area contributed by atoms with Crippen molar-refractivity contribution in [1.29, 1.82) is 0 Å². The monoisotopic (exact) mass is 296 g/mol. The third-order valence-corrected chi connectivity index (χ3v) is 3.49. The summed E-state index contributed by atoms with van der Waals surface area (Å²) in [4.78, 5) is 22.9. The van der Waals surface area contributed by atoms with Crippen LogP contribution in [0.1, 0.15) is 20.0 Å². The van der Waals surface area contributed by atoms with Crippen molar-refractivity contribution < 1.29 is 22.8 Å². The number of anilines is 2. The van der Waals surface area contributed by atoms with Crippen LogP contribution in [0.4, 0.5) is 23.9 Å². The molecule has 19 heavy (non-hydrogen) atoms. The van der Waals surface area contributed by atoms with Crippen LogP contribution in [0.15, 0.2) is 0 Å². The van der Waals surface area contributed by atoms with Gasteiger partial charge in [0, 0.05) is 7.05 Å². The first-order chi connectivity index (χ1) is 8.54. The molecule has 1 aromatic rings. The molecule has 0 unspecified atom stereocenters. The van der Waals surface area contributed by atoms with Gasteiger partial charge >= 0.3 is 6.18 Å². The minimum absolute atomic E-state index is 0.142. The molecule has 0 saturated carbocycles. The van der Waals surface area contributed by atoms with E-state index in [1.165, 1.54) is 0 Å². The molecule has 1 heterocycles. The molecule has 0 fully saturated rings. The van der Waals surface area contributed by atoms with Crippen molar-refractivity contribution in [2.24, 2.45) is 11.5 Å². The van der Waals surface area contributed by atoms with E-state index in [0.717, 1.165) is 11.9 Å². The second-order valence-corrected chi connectivity index (χ2v) is 4.72. The summed E-state index contributed by atoms with van der Waals surface area (Å²) in [6, 6.07) is 0. The number of carbonyl (C=O) groups excluding carboxylic acids is 2. The van der Waals surface area contributed by atoms with E-state index in [1.54, 1.807) is 0 Å². The second kappa shape index (κ2) is 4.96. The molecule has 0 aliphatic rings. The SMILES string of the molecule is CN(CC(F)(F)F)c1sc(C(N)=O)c(N)c1C(N)=O. The van der Waals surface area contributed by atoms with Crippen LogP contribution in [-0.2, 0) is 0 Å². The zero-order valence-electron chi connectivity index (χ0n) is 9.75. The van der Waals surface area contributed by atoms with Gasteiger partial charge < -0.3 is 22.1 Å². The number of thiophene rings is 1. The van der Waals surface area contributed by atoms with Crippen LogP contribution in [0.3, 0.4) is 0 Å². The highest BCUT2D eigenvalue weighted by Crippen LogP contribution is 2.38. The first-order valence-electron chi connectivity index (χ1n) is 4.84. The lowest BCUT2D eigenvalue weighted by Crippen LogP contribution is -2.31. The highest BCUT2D eigenvalue weighted by Gasteiger charge is 2.33. The number of nitrogens with zero attached hydrogens (tertiary/aromatic N) is 1. The third kappa shape index (κ3) is 3.28. The van der Waals surface area contributed by atoms with Gasteiger partial charge in [-0.25, -0.2) is 0 Å². The average molecular weight is 296 g/mol. The summed E-state index contributed by atoms with van der Waals surface area (Å²) in [5.41, 5.74) is 15.0. The van der Waals surface area contributed by atoms with E-state index in [4.69, 9.17) is 17.2 Å². The predicted molar refractivity (Wildman–Crippen MR) is 65.1 cm³/mol. The Morgan fingerprint density at radius 1 is 1.26 bits per heavy atom. The summed E-state index contributed by atoms with van der Waals surface area (Å²) in [7, 11) is 1.11. The molecule has 0 radical (unpaired) electrons. The van der Waals surface area contributed by atoms with Crippen LogP contribution in [0.25, 0.3) is 0 Å². The van der Waals surface area contributed by atoms with Crippen molar-refractivity contribution in [1.82, 2.24) is 0 Å². The summed E-state index contributed by atoms with van der Waals surface area (Å²) >= 11 is 0.597. The number of hydrogen-bond donors (Lipinski definition) is 3. The van der Waals surface area contributed by atoms with E-state index in [-0.39, 0.29) is 21.1 Å². The summed E-state index contributed by atoms with van der Waals surface area (Å²) in [6.07, 6.45) is -4.48. The molecule has 106 valence electrons. The van der Waals surface area contributed by atoms with E-state index >= 15 is 0 Å². The van der Waals surface area contributed by atoms with E-state index in [1.807, 2.05) is 0 Å². The van der Waals surface area contributed by atoms with Gasteiger partial charge in [-0.2, -0.15) is 13.2 Å². The van der Waals surface area contributed by atoms with E-state index in [0.29, 0.717) is 11.3 Å². The van der Waals surface area contributed by atoms with Crippen LogP contribution in [0.2, 0.25) is 0 Å². The van der Waals surface area contributed by atoms with Crippen LogP contribution in [0.5, 0.6) is 0 Å². The molecule has 0 spiro atoms. The number of primary amides is 2. The molecule has 0 bridgehead atoms. The molecule has 0 aliphatic carbocycles. The Balaban J connectivity index is 3.30. The van der Waals surface area contributed by atoms with Gasteiger partial charge in [-0.1, -0.05) is 0 Å². The van der Waals surface area contributed by atoms with Crippen LogP contribution >= 0.6 is 11.3 Å². The minimum atomic E-state index is -4.48. The van der Waals surface area contributed by atoms with Crippen LogP contribution in [-0.4, -0.2) is 31.6 Å². The normalized spacial score (nSPS) is 11.4. The Morgan fingerprint density at radius 3 is 2.16 bits per heavy atom. The zero-order chi connectivity index (χ0) is 15.0. The van der Waals surface area contributed by atoms with E-state index < -0.39 is 24.5 Å². The van der Waals surface area contributed by atoms with Gasteiger partial charge in [0.2, 0.25) is 0 Å². The number of amides is 2. The lowest BCUT2D eigenvalue weighted by atomic mass is 10.2. The zero-order valence-corrected chi connectivity index (χ0v) is 10.6. The molecule has 0 aromatic carbocycles. The molecule has 6 nitrogen and oxygen atoms in total. The summed E-state index contributed by atoms with van der Waals surface area (Å²) in [5.74, 6) is -1.96. The van der Waals surface area contributed by atoms with Gasteiger partial charge in [0.1, 0.15) is 16.4 Å². The maximum absolute atomic E-state index is 12.3. The first-order valence-corrected chi connectivity index (χ1v) is 5.66. The molecule has 0 aliphatic heterocycles. The lowest BCUT2D eigenvalue weighted by Gasteiger charge is -2.20. The van der Waals surface area contributed by atoms with Crippen LogP contribution in [0, 0.1) is 0 Å². The summed E-state index contributed by atoms with van der Waals surface area (Å²) in [6.45, 7) is -1.31. The minimum Gasteiger partial charge on any atom is -0.397 e. The van der Waals surface area contributed by atoms with Gasteiger partial charge in [-0.05, 0) is 0 Å². The molecule has 1 aromatic heterocycles. The highest BCUT2D eigenvalue weighted by molar-refractivity contribution is 7.19. The average Bonchev–Trinajstić information content (AvgIpc) is 2.53. The van der Waals surface area contributed by atoms with Crippen molar-refractivity contribution in [2.75, 3.05) is 24.2 Å². The Bertz CT molecular complexity index is 526. The highest BCUT2D eigenvalue weighted by atomic mass is 32.1. The molecule has 2 amide bonds. The van der Waals surface area contributed by atoms with Crippen LogP contribution < -0.4 is 22.1 Å². The number of nitrogen functional groups attached to an aromatic ring is 1. The topological polar surface area (TPSA) is 115 Å². The Kier molecular flexibility index (Phi) is 3.94. The number of alkyl halides is 3. The number of hydrogen-bond acceptors (Lipinski definition) is 5. The quantitative estimate of drug-likeness (QED) is 0.751. The largest absolute Gasteiger partial charge is 0.405 e. The number of halogens is 3. The molecule has 10 heteroatoms. The Labute approximate surface area is 109 Å². The standard InChI is InChI=1S/C9H11F3N4O2S/c1-16(2-9(10,11)12)8-3(6(14)17)4(13)5(19-8)7(15)18/h2,13H2,1H3,(H2,14,17)(H2,15,18). The van der Waals surface area contributed by atoms with E-state index in [2.05, 4.69) is 0 Å². The van der Waals surface area contributed by atoms with Gasteiger partial charge in [-0.3, -0.25) is 9.59 Å². The number of nitrogens with two attached hydrogens (primary N) is 3. The fourth-order valence-corrected chi connectivity index (χ4v) is 2.50. The first kappa shape index (κ1) is 15.1. The maximum Gasteiger partial charge on any atom is 0.405 e. The Morgan fingerprint density at radius 2 is 1.79 bits per heavy atom. The maximum atomic E-state index is 12.3. The molecule has 0 saturated heterocycles. The summed E-state index contributed by atoms with van der Waals surface area (Å²) in [5, 5.41) is -0.142. The van der Waals surface area contributed by atoms with Gasteiger partial charge in [-0.15, -0.1) is 11.3 Å². The summed E-state index contributed by atoms with van der Waals surface area (Å²) < 4.78 is 36.9. The molecular formula is C9H11F3N4O2S. The van der Waals surface area contributed by atoms with Gasteiger partial charge in [0.05, 0.1) is 11.3 Å². The molecule has 0 atom stereocenters.